The van der Waals surface area contributed by atoms with Crippen LogP contribution in [0.2, 0.25) is 0 Å². The van der Waals surface area contributed by atoms with E-state index in [0.29, 0.717) is 0 Å². The number of fused-ring (bicyclic) bond motifs is 20. The minimum absolute atomic E-state index is 0.230. The quantitative estimate of drug-likeness (QED) is 0.176. The lowest BCUT2D eigenvalue weighted by molar-refractivity contribution is 0.600. The summed E-state index contributed by atoms with van der Waals surface area (Å²) in [5.74, 6) is 0. The molecule has 10 aromatic carbocycles. The van der Waals surface area contributed by atoms with E-state index in [2.05, 4.69) is 235 Å². The summed E-state index contributed by atoms with van der Waals surface area (Å²) in [5.41, 5.74) is 25.7. The van der Waals surface area contributed by atoms with Crippen molar-refractivity contribution in [3.63, 3.8) is 0 Å². The lowest BCUT2D eigenvalue weighted by Gasteiger charge is -2.32. The zero-order valence-electron chi connectivity index (χ0n) is 41.1. The maximum absolute atomic E-state index is 7.00. The van der Waals surface area contributed by atoms with Crippen LogP contribution < -0.4 is 4.90 Å². The lowest BCUT2D eigenvalue weighted by atomic mass is 9.72. The van der Waals surface area contributed by atoms with Gasteiger partial charge in [-0.1, -0.05) is 169 Å². The van der Waals surface area contributed by atoms with Crippen molar-refractivity contribution < 1.29 is 8.83 Å². The van der Waals surface area contributed by atoms with Crippen molar-refractivity contribution in [1.82, 2.24) is 0 Å². The predicted octanol–water partition coefficient (Wildman–Crippen LogP) is 19.0. The molecule has 3 aliphatic rings. The monoisotopic (exact) mass is 913 g/mol. The van der Waals surface area contributed by atoms with Gasteiger partial charge in [0.25, 0.3) is 0 Å². The molecule has 2 heterocycles. The Bertz CT molecular complexity index is 4340. The highest BCUT2D eigenvalue weighted by atomic mass is 16.3. The average Bonchev–Trinajstić information content (AvgIpc) is 4.14. The third kappa shape index (κ3) is 5.23. The molecule has 0 aliphatic heterocycles. The Balaban J connectivity index is 0.965. The number of rotatable bonds is 4. The summed E-state index contributed by atoms with van der Waals surface area (Å²) in [6, 6.07) is 67.4. The molecule has 0 unspecified atom stereocenters. The molecule has 12 aromatic rings. The third-order valence-corrected chi connectivity index (χ3v) is 17.1. The number of para-hydroxylation sites is 2. The largest absolute Gasteiger partial charge is 0.455 e. The maximum Gasteiger partial charge on any atom is 0.144 e. The van der Waals surface area contributed by atoms with Crippen LogP contribution in [0, 0.1) is 6.92 Å². The summed E-state index contributed by atoms with van der Waals surface area (Å²) in [6.07, 6.45) is 0. The van der Waals surface area contributed by atoms with Gasteiger partial charge in [-0.05, 0) is 145 Å². The van der Waals surface area contributed by atoms with Crippen LogP contribution in [-0.4, -0.2) is 0 Å². The van der Waals surface area contributed by atoms with Crippen LogP contribution in [0.1, 0.15) is 80.5 Å². The second-order valence-corrected chi connectivity index (χ2v) is 22.0. The van der Waals surface area contributed by atoms with E-state index in [9.17, 15) is 0 Å². The van der Waals surface area contributed by atoms with Gasteiger partial charge < -0.3 is 13.7 Å². The number of furan rings is 2. The summed E-state index contributed by atoms with van der Waals surface area (Å²) >= 11 is 0. The SMILES string of the molecule is Cc1ccccc1-c1cc2c(c3c1oc1ccccc13)-c1ccc(N(c3ccc4c(c3)C(C)(C)c3c5c(c6oc7ccccc7c6c3-4)-c3ccccc3C5(C)C)c3ccc4ccccc4c3)cc1C2(C)C. The van der Waals surface area contributed by atoms with Crippen molar-refractivity contribution in [2.45, 2.75) is 64.7 Å². The summed E-state index contributed by atoms with van der Waals surface area (Å²) < 4.78 is 13.9. The van der Waals surface area contributed by atoms with Crippen molar-refractivity contribution in [1.29, 1.82) is 0 Å². The van der Waals surface area contributed by atoms with Crippen molar-refractivity contribution in [3.05, 3.63) is 221 Å². The number of hydrogen-bond acceptors (Lipinski definition) is 3. The van der Waals surface area contributed by atoms with E-state index in [1.165, 1.54) is 105 Å². The van der Waals surface area contributed by atoms with E-state index in [-0.39, 0.29) is 16.2 Å². The highest BCUT2D eigenvalue weighted by molar-refractivity contribution is 6.21. The van der Waals surface area contributed by atoms with E-state index >= 15 is 0 Å². The molecule has 0 amide bonds. The second-order valence-electron chi connectivity index (χ2n) is 22.0. The maximum atomic E-state index is 7.00. The Kier molecular flexibility index (Phi) is 7.91. The summed E-state index contributed by atoms with van der Waals surface area (Å²) in [4.78, 5) is 2.50. The molecule has 0 N–H and O–H groups in total. The number of benzene rings is 10. The van der Waals surface area contributed by atoms with Crippen LogP contribution >= 0.6 is 0 Å². The van der Waals surface area contributed by atoms with Crippen LogP contribution in [0.3, 0.4) is 0 Å². The molecule has 3 nitrogen and oxygen atoms in total. The van der Waals surface area contributed by atoms with E-state index in [4.69, 9.17) is 8.83 Å². The minimum atomic E-state index is -0.333. The van der Waals surface area contributed by atoms with Crippen molar-refractivity contribution >= 4 is 71.7 Å². The molecule has 0 spiro atoms. The van der Waals surface area contributed by atoms with Crippen LogP contribution in [-0.2, 0) is 16.2 Å². The fourth-order valence-corrected chi connectivity index (χ4v) is 13.7. The van der Waals surface area contributed by atoms with E-state index in [1.807, 2.05) is 0 Å². The van der Waals surface area contributed by atoms with Crippen LogP contribution in [0.4, 0.5) is 17.1 Å². The van der Waals surface area contributed by atoms with Crippen LogP contribution in [0.5, 0.6) is 0 Å². The van der Waals surface area contributed by atoms with E-state index in [0.717, 1.165) is 50.3 Å². The highest BCUT2D eigenvalue weighted by Crippen LogP contribution is 2.64. The first-order chi connectivity index (χ1) is 34.4. The molecule has 0 bridgehead atoms. The standard InChI is InChI=1S/C68H51NO2/c1-38-18-8-11-21-44(38)50-37-54-57(59-48-23-13-16-26-55(48)70-64(50)59)46-32-30-42(35-52(46)66(54,2)3)69(41-29-28-39-19-9-10-20-40(39)34-41)43-31-33-47-53(36-43)68(6,7)62-58(47)60-49-24-14-17-27-56(49)71-65(60)61-45-22-12-15-25-51(45)67(4,5)63(61)62/h8-37H,1-7H3. The average molecular weight is 914 g/mol. The van der Waals surface area contributed by atoms with Gasteiger partial charge in [0.05, 0.1) is 0 Å². The highest BCUT2D eigenvalue weighted by Gasteiger charge is 2.49. The Hall–Kier alpha value is -8.14. The molecule has 0 saturated carbocycles. The van der Waals surface area contributed by atoms with Gasteiger partial charge in [-0.15, -0.1) is 0 Å². The number of nitrogens with zero attached hydrogens (tertiary/aromatic N) is 1. The predicted molar refractivity (Wildman–Crippen MR) is 296 cm³/mol. The van der Waals surface area contributed by atoms with E-state index in [1.54, 1.807) is 0 Å². The molecule has 2 aromatic heterocycles. The smallest absolute Gasteiger partial charge is 0.144 e. The van der Waals surface area contributed by atoms with E-state index < -0.39 is 0 Å². The van der Waals surface area contributed by atoms with Gasteiger partial charge in [-0.2, -0.15) is 0 Å². The molecular weight excluding hydrogens is 863 g/mol. The Labute approximate surface area is 413 Å². The van der Waals surface area contributed by atoms with Crippen molar-refractivity contribution in [3.8, 4) is 44.5 Å². The first kappa shape index (κ1) is 40.7. The topological polar surface area (TPSA) is 29.5 Å². The summed E-state index contributed by atoms with van der Waals surface area (Å²) in [7, 11) is 0. The van der Waals surface area contributed by atoms with Crippen LogP contribution in [0.15, 0.2) is 191 Å². The van der Waals surface area contributed by atoms with Gasteiger partial charge in [-0.3, -0.25) is 0 Å². The Morgan fingerprint density at radius 3 is 1.58 bits per heavy atom. The van der Waals surface area contributed by atoms with Gasteiger partial charge in [0.2, 0.25) is 0 Å². The molecule has 15 rings (SSSR count). The molecular formula is C68H51NO2. The van der Waals surface area contributed by atoms with Crippen molar-refractivity contribution in [2.75, 3.05) is 4.90 Å². The van der Waals surface area contributed by atoms with Crippen molar-refractivity contribution in [2.24, 2.45) is 0 Å². The molecule has 3 heteroatoms. The lowest BCUT2D eigenvalue weighted by Crippen LogP contribution is -2.24. The fourth-order valence-electron chi connectivity index (χ4n) is 13.7. The summed E-state index contributed by atoms with van der Waals surface area (Å²) in [6.45, 7) is 16.8. The molecule has 0 saturated heterocycles. The molecule has 0 radical (unpaired) electrons. The van der Waals surface area contributed by atoms with Gasteiger partial charge in [0.15, 0.2) is 0 Å². The van der Waals surface area contributed by atoms with Gasteiger partial charge in [0, 0.05) is 66.0 Å². The number of aryl methyl sites for hydroxylation is 1. The first-order valence-electron chi connectivity index (χ1n) is 25.2. The molecule has 71 heavy (non-hydrogen) atoms. The second kappa shape index (κ2) is 13.8. The van der Waals surface area contributed by atoms with Gasteiger partial charge in [0.1, 0.15) is 22.3 Å². The Morgan fingerprint density at radius 2 is 0.859 bits per heavy atom. The molecule has 340 valence electrons. The number of hydrogen-bond donors (Lipinski definition) is 0. The fraction of sp³-hybridized carbons (Fsp3) is 0.147. The molecule has 0 fully saturated rings. The summed E-state index contributed by atoms with van der Waals surface area (Å²) in [5, 5.41) is 7.17. The third-order valence-electron chi connectivity index (χ3n) is 17.1. The number of anilines is 3. The zero-order valence-corrected chi connectivity index (χ0v) is 41.1. The van der Waals surface area contributed by atoms with Crippen LogP contribution in [0.25, 0.3) is 99.2 Å². The first-order valence-corrected chi connectivity index (χ1v) is 25.2. The Morgan fingerprint density at radius 1 is 0.352 bits per heavy atom. The zero-order chi connectivity index (χ0) is 47.9. The molecule has 0 atom stereocenters. The minimum Gasteiger partial charge on any atom is -0.455 e. The molecule has 3 aliphatic carbocycles. The normalized spacial score (nSPS) is 15.3. The van der Waals surface area contributed by atoms with Gasteiger partial charge in [-0.25, -0.2) is 0 Å². The van der Waals surface area contributed by atoms with Gasteiger partial charge >= 0.3 is 0 Å².